The minimum Gasteiger partial charge on any atom is -0.373 e. The quantitative estimate of drug-likeness (QED) is 0.490. The number of carbonyl (C=O) groups excluding carboxylic acids is 1. The van der Waals surface area contributed by atoms with Crippen molar-refractivity contribution in [2.45, 2.75) is 84.5 Å². The molecule has 0 unspecified atom stereocenters. The summed E-state index contributed by atoms with van der Waals surface area (Å²) >= 11 is 0. The Balaban J connectivity index is 1.87. The Morgan fingerprint density at radius 2 is 1.75 bits per heavy atom. The third kappa shape index (κ3) is 9.52. The molecule has 0 atom stereocenters. The maximum absolute atomic E-state index is 11.7. The average molecular weight is 282 g/mol. The molecule has 1 saturated carbocycles. The van der Waals surface area contributed by atoms with Gasteiger partial charge in [-0.05, 0) is 31.1 Å². The van der Waals surface area contributed by atoms with Gasteiger partial charge in [0.25, 0.3) is 0 Å². The van der Waals surface area contributed by atoms with Gasteiger partial charge in [0.2, 0.25) is 0 Å². The lowest BCUT2D eigenvalue weighted by Crippen LogP contribution is -2.17. The van der Waals surface area contributed by atoms with Crippen molar-refractivity contribution in [1.82, 2.24) is 0 Å². The molecule has 0 aromatic rings. The summed E-state index contributed by atoms with van der Waals surface area (Å²) in [4.78, 5) is 11.7. The molecule has 1 aliphatic carbocycles. The number of hydrogen-bond donors (Lipinski definition) is 0. The maximum atomic E-state index is 11.7. The molecule has 0 aromatic carbocycles. The van der Waals surface area contributed by atoms with Gasteiger partial charge in [0.15, 0.2) is 5.78 Å². The first-order valence-corrected chi connectivity index (χ1v) is 8.78. The van der Waals surface area contributed by atoms with Crippen LogP contribution < -0.4 is 0 Å². The van der Waals surface area contributed by atoms with E-state index < -0.39 is 0 Å². The molecular formula is C18H34O2. The molecule has 118 valence electrons. The van der Waals surface area contributed by atoms with Crippen molar-refractivity contribution in [1.29, 1.82) is 0 Å². The van der Waals surface area contributed by atoms with Gasteiger partial charge >= 0.3 is 0 Å². The lowest BCUT2D eigenvalue weighted by atomic mass is 9.90. The second-order valence-corrected chi connectivity index (χ2v) is 6.90. The second-order valence-electron chi connectivity index (χ2n) is 6.90. The zero-order valence-electron chi connectivity index (χ0n) is 13.7. The SMILES string of the molecule is CC(C)CCCCCCC(=O)COCC1CCCCC1. The monoisotopic (exact) mass is 282 g/mol. The summed E-state index contributed by atoms with van der Waals surface area (Å²) in [5.41, 5.74) is 0. The van der Waals surface area contributed by atoms with Crippen molar-refractivity contribution in [3.8, 4) is 0 Å². The summed E-state index contributed by atoms with van der Waals surface area (Å²) in [7, 11) is 0. The molecule has 2 nitrogen and oxygen atoms in total. The molecule has 1 fully saturated rings. The van der Waals surface area contributed by atoms with Crippen LogP contribution in [0, 0.1) is 11.8 Å². The van der Waals surface area contributed by atoms with Crippen molar-refractivity contribution in [2.75, 3.05) is 13.2 Å². The number of rotatable bonds is 11. The number of ether oxygens (including phenoxy) is 1. The van der Waals surface area contributed by atoms with E-state index >= 15 is 0 Å². The van der Waals surface area contributed by atoms with Crippen LogP contribution in [0.2, 0.25) is 0 Å². The summed E-state index contributed by atoms with van der Waals surface area (Å²) in [6, 6.07) is 0. The van der Waals surface area contributed by atoms with Gasteiger partial charge in [-0.15, -0.1) is 0 Å². The summed E-state index contributed by atoms with van der Waals surface area (Å²) in [6.07, 6.45) is 13.5. The van der Waals surface area contributed by atoms with E-state index in [2.05, 4.69) is 13.8 Å². The Hall–Kier alpha value is -0.370. The molecule has 0 aliphatic heterocycles. The number of hydrogen-bond acceptors (Lipinski definition) is 2. The first-order chi connectivity index (χ1) is 9.68. The average Bonchev–Trinajstić information content (AvgIpc) is 2.43. The molecule has 0 aromatic heterocycles. The molecule has 0 radical (unpaired) electrons. The first-order valence-electron chi connectivity index (χ1n) is 8.78. The Labute approximate surface area is 125 Å². The molecule has 0 bridgehead atoms. The number of unbranched alkanes of at least 4 members (excludes halogenated alkanes) is 3. The lowest BCUT2D eigenvalue weighted by molar-refractivity contribution is -0.124. The van der Waals surface area contributed by atoms with Crippen molar-refractivity contribution in [3.05, 3.63) is 0 Å². The minimum absolute atomic E-state index is 0.296. The van der Waals surface area contributed by atoms with E-state index in [9.17, 15) is 4.79 Å². The van der Waals surface area contributed by atoms with Crippen LogP contribution in [0.5, 0.6) is 0 Å². The zero-order valence-corrected chi connectivity index (χ0v) is 13.7. The molecule has 2 heteroatoms. The van der Waals surface area contributed by atoms with Crippen LogP contribution in [0.4, 0.5) is 0 Å². The second kappa shape index (κ2) is 11.3. The van der Waals surface area contributed by atoms with Gasteiger partial charge < -0.3 is 4.74 Å². The minimum atomic E-state index is 0.296. The smallest absolute Gasteiger partial charge is 0.158 e. The Kier molecular flexibility index (Phi) is 10.00. The van der Waals surface area contributed by atoms with Gasteiger partial charge in [-0.25, -0.2) is 0 Å². The highest BCUT2D eigenvalue weighted by molar-refractivity contribution is 5.79. The van der Waals surface area contributed by atoms with E-state index in [-0.39, 0.29) is 0 Å². The standard InChI is InChI=1S/C18H34O2/c1-16(2)10-6-3-4-9-13-18(19)15-20-14-17-11-7-5-8-12-17/h16-17H,3-15H2,1-2H3. The fraction of sp³-hybridized carbons (Fsp3) is 0.944. The Morgan fingerprint density at radius 1 is 1.05 bits per heavy atom. The Bertz CT molecular complexity index is 242. The largest absolute Gasteiger partial charge is 0.373 e. The van der Waals surface area contributed by atoms with Crippen molar-refractivity contribution in [2.24, 2.45) is 11.8 Å². The maximum Gasteiger partial charge on any atom is 0.158 e. The van der Waals surface area contributed by atoms with Crippen molar-refractivity contribution in [3.63, 3.8) is 0 Å². The van der Waals surface area contributed by atoms with E-state index in [4.69, 9.17) is 4.74 Å². The molecule has 1 aliphatic rings. The number of carbonyl (C=O) groups is 1. The summed E-state index contributed by atoms with van der Waals surface area (Å²) in [5, 5.41) is 0. The molecular weight excluding hydrogens is 248 g/mol. The molecule has 0 saturated heterocycles. The number of Topliss-reactive ketones (excluding diaryl/α,β-unsaturated/α-hetero) is 1. The normalized spacial score (nSPS) is 16.8. The van der Waals surface area contributed by atoms with E-state index in [1.165, 1.54) is 57.8 Å². The van der Waals surface area contributed by atoms with Crippen LogP contribution in [0.15, 0.2) is 0 Å². The van der Waals surface area contributed by atoms with Gasteiger partial charge in [-0.3, -0.25) is 4.79 Å². The topological polar surface area (TPSA) is 26.3 Å². The molecule has 20 heavy (non-hydrogen) atoms. The fourth-order valence-electron chi connectivity index (χ4n) is 2.99. The molecule has 1 rings (SSSR count). The van der Waals surface area contributed by atoms with Gasteiger partial charge in [-0.1, -0.05) is 58.8 Å². The van der Waals surface area contributed by atoms with Crippen molar-refractivity contribution < 1.29 is 9.53 Å². The number of ketones is 1. The zero-order chi connectivity index (χ0) is 14.6. The van der Waals surface area contributed by atoms with E-state index in [0.717, 1.165) is 18.9 Å². The van der Waals surface area contributed by atoms with Gasteiger partial charge in [0.1, 0.15) is 6.61 Å². The van der Waals surface area contributed by atoms with Gasteiger partial charge in [0, 0.05) is 13.0 Å². The van der Waals surface area contributed by atoms with Crippen LogP contribution in [0.25, 0.3) is 0 Å². The van der Waals surface area contributed by atoms with E-state index in [0.29, 0.717) is 24.7 Å². The van der Waals surface area contributed by atoms with Crippen LogP contribution in [0.1, 0.15) is 84.5 Å². The van der Waals surface area contributed by atoms with Crippen LogP contribution in [-0.4, -0.2) is 19.0 Å². The van der Waals surface area contributed by atoms with Crippen LogP contribution >= 0.6 is 0 Å². The molecule has 0 N–H and O–H groups in total. The summed E-state index contributed by atoms with van der Waals surface area (Å²) in [5.74, 6) is 1.82. The third-order valence-corrected chi connectivity index (χ3v) is 4.33. The van der Waals surface area contributed by atoms with Crippen LogP contribution in [-0.2, 0) is 9.53 Å². The molecule has 0 spiro atoms. The van der Waals surface area contributed by atoms with Crippen molar-refractivity contribution >= 4 is 5.78 Å². The Morgan fingerprint density at radius 3 is 2.45 bits per heavy atom. The molecule has 0 amide bonds. The summed E-state index contributed by atoms with van der Waals surface area (Å²) in [6.45, 7) is 5.70. The van der Waals surface area contributed by atoms with E-state index in [1.54, 1.807) is 0 Å². The summed E-state index contributed by atoms with van der Waals surface area (Å²) < 4.78 is 5.60. The predicted octanol–water partition coefficient (Wildman–Crippen LogP) is 5.15. The van der Waals surface area contributed by atoms with E-state index in [1.807, 2.05) is 0 Å². The lowest BCUT2D eigenvalue weighted by Gasteiger charge is -2.21. The van der Waals surface area contributed by atoms with Crippen LogP contribution in [0.3, 0.4) is 0 Å². The predicted molar refractivity (Wildman–Crippen MR) is 84.9 cm³/mol. The first kappa shape index (κ1) is 17.7. The highest BCUT2D eigenvalue weighted by atomic mass is 16.5. The fourth-order valence-corrected chi connectivity index (χ4v) is 2.99. The van der Waals surface area contributed by atoms with Gasteiger partial charge in [-0.2, -0.15) is 0 Å². The highest BCUT2D eigenvalue weighted by Gasteiger charge is 2.13. The third-order valence-electron chi connectivity index (χ3n) is 4.33. The highest BCUT2D eigenvalue weighted by Crippen LogP contribution is 2.23. The molecule has 0 heterocycles. The van der Waals surface area contributed by atoms with Gasteiger partial charge in [0.05, 0.1) is 0 Å².